The second-order valence-corrected chi connectivity index (χ2v) is 5.42. The van der Waals surface area contributed by atoms with Crippen LogP contribution in [0.3, 0.4) is 0 Å². The first-order valence-electron chi connectivity index (χ1n) is 5.32. The quantitative estimate of drug-likeness (QED) is 0.875. The number of hydrogen-bond acceptors (Lipinski definition) is 2. The van der Waals surface area contributed by atoms with E-state index >= 15 is 0 Å². The van der Waals surface area contributed by atoms with E-state index in [-0.39, 0.29) is 12.6 Å². The summed E-state index contributed by atoms with van der Waals surface area (Å²) in [6.07, 6.45) is 0. The number of aliphatic hydroxyl groups excluding tert-OH is 1. The van der Waals surface area contributed by atoms with Crippen LogP contribution in [0, 0.1) is 5.92 Å². The molecule has 0 amide bonds. The van der Waals surface area contributed by atoms with E-state index in [1.54, 1.807) is 0 Å². The standard InChI is InChI=1S/C12H17BrClNO/c1-8(2)12(7-16)15-6-9-3-4-10(13)11(14)5-9/h3-5,8,12,15-16H,6-7H2,1-2H3. The zero-order valence-corrected chi connectivity index (χ0v) is 11.8. The highest BCUT2D eigenvalue weighted by Gasteiger charge is 2.11. The molecule has 1 unspecified atom stereocenters. The Morgan fingerprint density at radius 2 is 2.12 bits per heavy atom. The highest BCUT2D eigenvalue weighted by molar-refractivity contribution is 9.10. The fourth-order valence-corrected chi connectivity index (χ4v) is 1.86. The molecule has 0 saturated carbocycles. The maximum absolute atomic E-state index is 9.18. The molecular formula is C12H17BrClNO. The molecule has 2 nitrogen and oxygen atoms in total. The van der Waals surface area contributed by atoms with Crippen molar-refractivity contribution in [3.8, 4) is 0 Å². The molecule has 0 heterocycles. The van der Waals surface area contributed by atoms with Crippen molar-refractivity contribution in [2.45, 2.75) is 26.4 Å². The molecule has 0 spiro atoms. The van der Waals surface area contributed by atoms with E-state index in [0.717, 1.165) is 16.6 Å². The molecule has 1 aromatic carbocycles. The Morgan fingerprint density at radius 3 is 2.62 bits per heavy atom. The minimum absolute atomic E-state index is 0.127. The van der Waals surface area contributed by atoms with Crippen LogP contribution in [0.25, 0.3) is 0 Å². The summed E-state index contributed by atoms with van der Waals surface area (Å²) in [5.74, 6) is 0.413. The lowest BCUT2D eigenvalue weighted by atomic mass is 10.1. The average Bonchev–Trinajstić information content (AvgIpc) is 2.23. The van der Waals surface area contributed by atoms with Crippen LogP contribution in [0.15, 0.2) is 22.7 Å². The summed E-state index contributed by atoms with van der Waals surface area (Å²) < 4.78 is 0.903. The first kappa shape index (κ1) is 14.0. The zero-order chi connectivity index (χ0) is 12.1. The van der Waals surface area contributed by atoms with Gasteiger partial charge < -0.3 is 10.4 Å². The Kier molecular flexibility index (Phi) is 5.76. The molecule has 0 aliphatic rings. The summed E-state index contributed by atoms with van der Waals surface area (Å²) in [4.78, 5) is 0. The third-order valence-corrected chi connectivity index (χ3v) is 3.79. The van der Waals surface area contributed by atoms with Crippen molar-refractivity contribution >= 4 is 27.5 Å². The predicted octanol–water partition coefficient (Wildman–Crippen LogP) is 3.21. The Morgan fingerprint density at radius 1 is 1.44 bits per heavy atom. The first-order chi connectivity index (χ1) is 7.54. The Bertz CT molecular complexity index is 344. The van der Waals surface area contributed by atoms with Crippen molar-refractivity contribution in [3.05, 3.63) is 33.3 Å². The SMILES string of the molecule is CC(C)C(CO)NCc1ccc(Br)c(Cl)c1. The van der Waals surface area contributed by atoms with E-state index < -0.39 is 0 Å². The smallest absolute Gasteiger partial charge is 0.0587 e. The average molecular weight is 307 g/mol. The van der Waals surface area contributed by atoms with Crippen LogP contribution in [-0.2, 0) is 6.54 Å². The van der Waals surface area contributed by atoms with Gasteiger partial charge in [0.1, 0.15) is 0 Å². The lowest BCUT2D eigenvalue weighted by molar-refractivity contribution is 0.210. The number of aliphatic hydroxyl groups is 1. The van der Waals surface area contributed by atoms with E-state index in [1.807, 2.05) is 18.2 Å². The van der Waals surface area contributed by atoms with Gasteiger partial charge >= 0.3 is 0 Å². The number of halogens is 2. The normalized spacial score (nSPS) is 13.1. The van der Waals surface area contributed by atoms with Gasteiger partial charge in [0.25, 0.3) is 0 Å². The number of nitrogens with one attached hydrogen (secondary N) is 1. The molecule has 0 aliphatic carbocycles. The topological polar surface area (TPSA) is 32.3 Å². The fraction of sp³-hybridized carbons (Fsp3) is 0.500. The molecule has 0 saturated heterocycles. The second kappa shape index (κ2) is 6.60. The maximum Gasteiger partial charge on any atom is 0.0587 e. The number of benzene rings is 1. The third kappa shape index (κ3) is 4.06. The van der Waals surface area contributed by atoms with E-state index in [1.165, 1.54) is 0 Å². The molecule has 1 aromatic rings. The van der Waals surface area contributed by atoms with Gasteiger partial charge in [0.2, 0.25) is 0 Å². The van der Waals surface area contributed by atoms with Crippen molar-refractivity contribution in [1.82, 2.24) is 5.32 Å². The molecule has 0 fully saturated rings. The monoisotopic (exact) mass is 305 g/mol. The van der Waals surface area contributed by atoms with Crippen LogP contribution in [0.5, 0.6) is 0 Å². The van der Waals surface area contributed by atoms with E-state index in [0.29, 0.717) is 10.9 Å². The van der Waals surface area contributed by atoms with Crippen LogP contribution in [0.4, 0.5) is 0 Å². The molecule has 2 N–H and O–H groups in total. The highest BCUT2D eigenvalue weighted by Crippen LogP contribution is 2.23. The van der Waals surface area contributed by atoms with Gasteiger partial charge in [-0.3, -0.25) is 0 Å². The van der Waals surface area contributed by atoms with E-state index in [9.17, 15) is 5.11 Å². The van der Waals surface area contributed by atoms with Gasteiger partial charge in [-0.05, 0) is 39.5 Å². The summed E-state index contributed by atoms with van der Waals surface area (Å²) in [7, 11) is 0. The molecule has 4 heteroatoms. The van der Waals surface area contributed by atoms with Crippen molar-refractivity contribution < 1.29 is 5.11 Å². The van der Waals surface area contributed by atoms with Gasteiger partial charge in [-0.25, -0.2) is 0 Å². The predicted molar refractivity (Wildman–Crippen MR) is 71.7 cm³/mol. The number of hydrogen-bond donors (Lipinski definition) is 2. The molecule has 0 radical (unpaired) electrons. The van der Waals surface area contributed by atoms with Gasteiger partial charge in [-0.1, -0.05) is 31.5 Å². The zero-order valence-electron chi connectivity index (χ0n) is 9.50. The van der Waals surface area contributed by atoms with Crippen LogP contribution < -0.4 is 5.32 Å². The van der Waals surface area contributed by atoms with E-state index in [2.05, 4.69) is 35.1 Å². The molecule has 0 bridgehead atoms. The molecule has 0 aliphatic heterocycles. The lowest BCUT2D eigenvalue weighted by Crippen LogP contribution is -2.36. The van der Waals surface area contributed by atoms with Crippen molar-refractivity contribution in [2.75, 3.05) is 6.61 Å². The minimum Gasteiger partial charge on any atom is -0.395 e. The van der Waals surface area contributed by atoms with Crippen LogP contribution in [0.1, 0.15) is 19.4 Å². The lowest BCUT2D eigenvalue weighted by Gasteiger charge is -2.20. The number of rotatable bonds is 5. The van der Waals surface area contributed by atoms with Crippen LogP contribution >= 0.6 is 27.5 Å². The Labute approximate surface area is 110 Å². The van der Waals surface area contributed by atoms with Gasteiger partial charge in [-0.2, -0.15) is 0 Å². The molecule has 1 atom stereocenters. The fourth-order valence-electron chi connectivity index (χ4n) is 1.41. The van der Waals surface area contributed by atoms with Crippen molar-refractivity contribution in [2.24, 2.45) is 5.92 Å². The van der Waals surface area contributed by atoms with Crippen molar-refractivity contribution in [1.29, 1.82) is 0 Å². The Hall–Kier alpha value is -0.0900. The van der Waals surface area contributed by atoms with Gasteiger partial charge in [-0.15, -0.1) is 0 Å². The van der Waals surface area contributed by atoms with E-state index in [4.69, 9.17) is 11.6 Å². The maximum atomic E-state index is 9.18. The van der Waals surface area contributed by atoms with Gasteiger partial charge in [0, 0.05) is 17.1 Å². The molecule has 1 rings (SSSR count). The minimum atomic E-state index is 0.127. The Balaban J connectivity index is 2.57. The van der Waals surface area contributed by atoms with Crippen LogP contribution in [0.2, 0.25) is 5.02 Å². The first-order valence-corrected chi connectivity index (χ1v) is 6.50. The van der Waals surface area contributed by atoms with Crippen LogP contribution in [-0.4, -0.2) is 17.8 Å². The van der Waals surface area contributed by atoms with Gasteiger partial charge in [0.15, 0.2) is 0 Å². The summed E-state index contributed by atoms with van der Waals surface area (Å²) in [5, 5.41) is 13.2. The molecule has 16 heavy (non-hydrogen) atoms. The molecule has 90 valence electrons. The highest BCUT2D eigenvalue weighted by atomic mass is 79.9. The summed E-state index contributed by atoms with van der Waals surface area (Å²) in [6, 6.07) is 6.00. The molecule has 0 aromatic heterocycles. The summed E-state index contributed by atoms with van der Waals surface area (Å²) in [6.45, 7) is 5.04. The summed E-state index contributed by atoms with van der Waals surface area (Å²) >= 11 is 9.36. The molecular weight excluding hydrogens is 289 g/mol. The van der Waals surface area contributed by atoms with Crippen molar-refractivity contribution in [3.63, 3.8) is 0 Å². The largest absolute Gasteiger partial charge is 0.395 e. The third-order valence-electron chi connectivity index (χ3n) is 2.55. The second-order valence-electron chi connectivity index (χ2n) is 4.16. The van der Waals surface area contributed by atoms with Gasteiger partial charge in [0.05, 0.1) is 11.6 Å². The summed E-state index contributed by atoms with van der Waals surface area (Å²) in [5.41, 5.74) is 1.12.